The van der Waals surface area contributed by atoms with Gasteiger partial charge < -0.3 is 5.32 Å². The summed E-state index contributed by atoms with van der Waals surface area (Å²) < 4.78 is 0. The van der Waals surface area contributed by atoms with Gasteiger partial charge in [0.05, 0.1) is 0 Å². The second-order valence-electron chi connectivity index (χ2n) is 3.11. The fourth-order valence-electron chi connectivity index (χ4n) is 1.49. The topological polar surface area (TPSA) is 15.3 Å². The van der Waals surface area contributed by atoms with Crippen molar-refractivity contribution in [2.75, 3.05) is 26.2 Å². The molecule has 2 nitrogen and oxygen atoms in total. The van der Waals surface area contributed by atoms with Gasteiger partial charge in [-0.2, -0.15) is 0 Å². The van der Waals surface area contributed by atoms with E-state index in [1.165, 1.54) is 18.0 Å². The van der Waals surface area contributed by atoms with E-state index < -0.39 is 0 Å². The molecule has 1 aliphatic rings. The third kappa shape index (κ3) is 3.78. The summed E-state index contributed by atoms with van der Waals surface area (Å²) in [5.74, 6) is 0. The van der Waals surface area contributed by atoms with E-state index in [4.69, 9.17) is 0 Å². The molecule has 1 aromatic rings. The maximum Gasteiger partial charge on any atom is 0.0328 e. The smallest absolute Gasteiger partial charge is 0.0328 e. The first kappa shape index (κ1) is 11.7. The zero-order valence-electron chi connectivity index (χ0n) is 9.12. The molecular formula is C11H20N2S. The predicted molar refractivity (Wildman–Crippen MR) is 63.8 cm³/mol. The minimum atomic E-state index is 1.14. The summed E-state index contributed by atoms with van der Waals surface area (Å²) >= 11 is 1.85. The highest BCUT2D eigenvalue weighted by Crippen LogP contribution is 2.11. The predicted octanol–water partition coefficient (Wildman–Crippen LogP) is 2.18. The van der Waals surface area contributed by atoms with Gasteiger partial charge in [0.25, 0.3) is 0 Å². The second kappa shape index (κ2) is 6.98. The van der Waals surface area contributed by atoms with Crippen LogP contribution in [-0.4, -0.2) is 31.1 Å². The highest BCUT2D eigenvalue weighted by molar-refractivity contribution is 7.09. The Morgan fingerprint density at radius 1 is 1.36 bits per heavy atom. The molecule has 2 rings (SSSR count). The number of hydrogen-bond acceptors (Lipinski definition) is 3. The third-order valence-electron chi connectivity index (χ3n) is 2.17. The van der Waals surface area contributed by atoms with Crippen molar-refractivity contribution < 1.29 is 0 Å². The quantitative estimate of drug-likeness (QED) is 0.808. The summed E-state index contributed by atoms with van der Waals surface area (Å²) in [6.07, 6.45) is 0. The van der Waals surface area contributed by atoms with E-state index >= 15 is 0 Å². The number of piperazine rings is 1. The van der Waals surface area contributed by atoms with E-state index in [0.717, 1.165) is 19.6 Å². The Balaban J connectivity index is 0.000000461. The number of nitrogens with zero attached hydrogens (tertiary/aromatic N) is 1. The maximum absolute atomic E-state index is 3.36. The summed E-state index contributed by atoms with van der Waals surface area (Å²) in [7, 11) is 0. The van der Waals surface area contributed by atoms with Crippen molar-refractivity contribution in [1.29, 1.82) is 0 Å². The summed E-state index contributed by atoms with van der Waals surface area (Å²) in [5.41, 5.74) is 0. The van der Waals surface area contributed by atoms with Gasteiger partial charge in [-0.1, -0.05) is 19.9 Å². The standard InChI is InChI=1S/C9H14N2S.C2H6/c1-2-9(12-7-1)8-11-5-3-10-4-6-11;1-2/h1-2,7,10H,3-6,8H2;1-2H3. The van der Waals surface area contributed by atoms with Crippen LogP contribution in [0.3, 0.4) is 0 Å². The summed E-state index contributed by atoms with van der Waals surface area (Å²) in [6.45, 7) is 9.81. The van der Waals surface area contributed by atoms with Crippen LogP contribution in [0.5, 0.6) is 0 Å². The van der Waals surface area contributed by atoms with Crippen LogP contribution in [0.4, 0.5) is 0 Å². The molecule has 0 aromatic carbocycles. The van der Waals surface area contributed by atoms with Gasteiger partial charge in [0.15, 0.2) is 0 Å². The van der Waals surface area contributed by atoms with E-state index in [1.54, 1.807) is 0 Å². The van der Waals surface area contributed by atoms with Crippen molar-refractivity contribution in [2.45, 2.75) is 20.4 Å². The Morgan fingerprint density at radius 2 is 2.07 bits per heavy atom. The first-order valence-electron chi connectivity index (χ1n) is 5.40. The SMILES string of the molecule is CC.c1csc(CN2CCNCC2)c1. The Bertz CT molecular complexity index is 215. The molecular weight excluding hydrogens is 192 g/mol. The molecule has 1 N–H and O–H groups in total. The van der Waals surface area contributed by atoms with Gasteiger partial charge >= 0.3 is 0 Å². The zero-order valence-corrected chi connectivity index (χ0v) is 9.94. The van der Waals surface area contributed by atoms with Crippen molar-refractivity contribution in [3.05, 3.63) is 22.4 Å². The second-order valence-corrected chi connectivity index (χ2v) is 4.14. The highest BCUT2D eigenvalue weighted by atomic mass is 32.1. The molecule has 0 unspecified atom stereocenters. The molecule has 3 heteroatoms. The lowest BCUT2D eigenvalue weighted by Crippen LogP contribution is -2.42. The Labute approximate surface area is 90.9 Å². The van der Waals surface area contributed by atoms with Crippen molar-refractivity contribution in [3.63, 3.8) is 0 Å². The maximum atomic E-state index is 3.36. The summed E-state index contributed by atoms with van der Waals surface area (Å²) in [5, 5.41) is 5.51. The van der Waals surface area contributed by atoms with E-state index in [9.17, 15) is 0 Å². The molecule has 0 atom stereocenters. The van der Waals surface area contributed by atoms with Crippen molar-refractivity contribution in [2.24, 2.45) is 0 Å². The van der Waals surface area contributed by atoms with Crippen LogP contribution >= 0.6 is 11.3 Å². The average Bonchev–Trinajstić information content (AvgIpc) is 2.75. The normalized spacial score (nSPS) is 17.3. The van der Waals surface area contributed by atoms with Gasteiger partial charge in [0.2, 0.25) is 0 Å². The number of rotatable bonds is 2. The minimum Gasteiger partial charge on any atom is -0.314 e. The van der Waals surface area contributed by atoms with Gasteiger partial charge in [-0.15, -0.1) is 11.3 Å². The number of thiophene rings is 1. The van der Waals surface area contributed by atoms with E-state index in [1.807, 2.05) is 25.2 Å². The molecule has 0 amide bonds. The van der Waals surface area contributed by atoms with Crippen molar-refractivity contribution in [1.82, 2.24) is 10.2 Å². The van der Waals surface area contributed by atoms with E-state index in [-0.39, 0.29) is 0 Å². The first-order valence-corrected chi connectivity index (χ1v) is 6.28. The molecule has 0 saturated carbocycles. The molecule has 1 aromatic heterocycles. The summed E-state index contributed by atoms with van der Waals surface area (Å²) in [6, 6.07) is 4.34. The molecule has 0 spiro atoms. The lowest BCUT2D eigenvalue weighted by atomic mass is 10.3. The molecule has 0 bridgehead atoms. The average molecular weight is 212 g/mol. The fourth-order valence-corrected chi connectivity index (χ4v) is 2.24. The van der Waals surface area contributed by atoms with Crippen LogP contribution in [0.15, 0.2) is 17.5 Å². The highest BCUT2D eigenvalue weighted by Gasteiger charge is 2.09. The lowest BCUT2D eigenvalue weighted by molar-refractivity contribution is 0.235. The lowest BCUT2D eigenvalue weighted by Gasteiger charge is -2.26. The Kier molecular flexibility index (Phi) is 5.83. The van der Waals surface area contributed by atoms with Crippen LogP contribution in [0, 0.1) is 0 Å². The molecule has 0 radical (unpaired) electrons. The molecule has 14 heavy (non-hydrogen) atoms. The van der Waals surface area contributed by atoms with Crippen LogP contribution in [0.2, 0.25) is 0 Å². The first-order chi connectivity index (χ1) is 6.95. The largest absolute Gasteiger partial charge is 0.314 e. The van der Waals surface area contributed by atoms with Crippen LogP contribution in [0.25, 0.3) is 0 Å². The molecule has 1 saturated heterocycles. The number of nitrogens with one attached hydrogen (secondary N) is 1. The molecule has 1 fully saturated rings. The van der Waals surface area contributed by atoms with Gasteiger partial charge in [0, 0.05) is 37.6 Å². The fraction of sp³-hybridized carbons (Fsp3) is 0.636. The van der Waals surface area contributed by atoms with Crippen LogP contribution in [0.1, 0.15) is 18.7 Å². The van der Waals surface area contributed by atoms with E-state index in [2.05, 4.69) is 27.7 Å². The molecule has 80 valence electrons. The van der Waals surface area contributed by atoms with Gasteiger partial charge in [-0.05, 0) is 11.4 Å². The Hall–Kier alpha value is -0.380. The third-order valence-corrected chi connectivity index (χ3v) is 3.03. The molecule has 2 heterocycles. The number of hydrogen-bond donors (Lipinski definition) is 1. The van der Waals surface area contributed by atoms with Gasteiger partial charge in [-0.3, -0.25) is 4.90 Å². The van der Waals surface area contributed by atoms with E-state index in [0.29, 0.717) is 0 Å². The van der Waals surface area contributed by atoms with Gasteiger partial charge in [-0.25, -0.2) is 0 Å². The van der Waals surface area contributed by atoms with Crippen LogP contribution < -0.4 is 5.32 Å². The monoisotopic (exact) mass is 212 g/mol. The van der Waals surface area contributed by atoms with Crippen molar-refractivity contribution >= 4 is 11.3 Å². The van der Waals surface area contributed by atoms with Crippen molar-refractivity contribution in [3.8, 4) is 0 Å². The zero-order chi connectivity index (χ0) is 10.2. The van der Waals surface area contributed by atoms with Crippen LogP contribution in [-0.2, 0) is 6.54 Å². The Morgan fingerprint density at radius 3 is 2.64 bits per heavy atom. The molecule has 1 aliphatic heterocycles. The van der Waals surface area contributed by atoms with Gasteiger partial charge in [0.1, 0.15) is 0 Å². The summed E-state index contributed by atoms with van der Waals surface area (Å²) in [4.78, 5) is 3.99. The molecule has 0 aliphatic carbocycles. The minimum absolute atomic E-state index is 1.14.